The molecule has 2 N–H and O–H groups in total. The molecule has 0 aliphatic heterocycles. The van der Waals surface area contributed by atoms with Crippen LogP contribution in [0, 0.1) is 0 Å². The van der Waals surface area contributed by atoms with Crippen molar-refractivity contribution in [2.45, 2.75) is 148 Å². The Kier molecular flexibility index (Phi) is 21.0. The molecule has 7 heteroatoms. The van der Waals surface area contributed by atoms with Crippen molar-refractivity contribution in [2.75, 3.05) is 7.11 Å². The number of aliphatic hydroxyl groups excluding tert-OH is 1. The van der Waals surface area contributed by atoms with E-state index in [2.05, 4.69) is 13.8 Å². The number of aromatic hydroxyl groups is 1. The molecule has 0 saturated heterocycles. The number of aliphatic hydroxyl groups is 1. The number of hydrogen-bond acceptors (Lipinski definition) is 7. The molecule has 0 fully saturated rings. The second-order valence-electron chi connectivity index (χ2n) is 12.5. The minimum Gasteiger partial charge on any atom is -0.507 e. The molecule has 7 nitrogen and oxygen atoms in total. The molecule has 0 aliphatic carbocycles. The first-order chi connectivity index (χ1) is 22.9. The monoisotopic (exact) mass is 652 g/mol. The van der Waals surface area contributed by atoms with Gasteiger partial charge in [-0.3, -0.25) is 9.59 Å². The van der Waals surface area contributed by atoms with E-state index in [0.29, 0.717) is 35.5 Å². The first kappa shape index (κ1) is 39.9. The lowest BCUT2D eigenvalue weighted by atomic mass is 10.1. The topological polar surface area (TPSA) is 102 Å². The molecule has 0 heterocycles. The van der Waals surface area contributed by atoms with E-state index >= 15 is 0 Å². The quantitative estimate of drug-likeness (QED) is 0.0592. The Morgan fingerprint density at radius 3 is 1.66 bits per heavy atom. The summed E-state index contributed by atoms with van der Waals surface area (Å²) in [6.07, 6.45) is 23.6. The molecule has 47 heavy (non-hydrogen) atoms. The molecule has 262 valence electrons. The molecule has 0 radical (unpaired) electrons. The predicted molar refractivity (Wildman–Crippen MR) is 190 cm³/mol. The molecule has 0 amide bonds. The van der Waals surface area contributed by atoms with E-state index in [0.717, 1.165) is 38.5 Å². The lowest BCUT2D eigenvalue weighted by molar-refractivity contribution is -0.135. The molecule has 0 spiro atoms. The maximum atomic E-state index is 12.8. The highest BCUT2D eigenvalue weighted by molar-refractivity contribution is 5.76. The number of hydrogen-bond donors (Lipinski definition) is 2. The summed E-state index contributed by atoms with van der Waals surface area (Å²) in [6, 6.07) is 9.58. The van der Waals surface area contributed by atoms with Crippen LogP contribution in [0.15, 0.2) is 42.5 Å². The van der Waals surface area contributed by atoms with Gasteiger partial charge in [0.1, 0.15) is 29.1 Å². The van der Waals surface area contributed by atoms with Gasteiger partial charge in [-0.2, -0.15) is 0 Å². The second-order valence-corrected chi connectivity index (χ2v) is 12.5. The van der Waals surface area contributed by atoms with E-state index in [9.17, 15) is 19.8 Å². The number of methoxy groups -OCH3 is 1. The average molecular weight is 653 g/mol. The van der Waals surface area contributed by atoms with E-state index < -0.39 is 6.10 Å². The highest BCUT2D eigenvalue weighted by atomic mass is 16.5. The lowest BCUT2D eigenvalue weighted by Crippen LogP contribution is -2.10. The van der Waals surface area contributed by atoms with Gasteiger partial charge in [-0.15, -0.1) is 0 Å². The van der Waals surface area contributed by atoms with Gasteiger partial charge in [0.15, 0.2) is 0 Å². The van der Waals surface area contributed by atoms with Gasteiger partial charge in [-0.1, -0.05) is 129 Å². The zero-order valence-corrected chi connectivity index (χ0v) is 29.3. The van der Waals surface area contributed by atoms with Crippen LogP contribution in [0.3, 0.4) is 0 Å². The van der Waals surface area contributed by atoms with Crippen LogP contribution >= 0.6 is 0 Å². The largest absolute Gasteiger partial charge is 0.507 e. The molecule has 1 atom stereocenters. The van der Waals surface area contributed by atoms with Crippen molar-refractivity contribution >= 4 is 18.0 Å². The zero-order valence-electron chi connectivity index (χ0n) is 29.3. The number of unbranched alkanes of at least 4 members (excludes halogenated alkanes) is 16. The van der Waals surface area contributed by atoms with Crippen LogP contribution in [0.2, 0.25) is 0 Å². The second kappa shape index (κ2) is 24.8. The number of benzene rings is 2. The lowest BCUT2D eigenvalue weighted by Gasteiger charge is -2.12. The molecular formula is C40H60O7. The number of carbonyl (C=O) groups excluding carboxylic acids is 2. The van der Waals surface area contributed by atoms with Crippen LogP contribution < -0.4 is 14.2 Å². The third kappa shape index (κ3) is 17.4. The molecule has 2 aromatic carbocycles. The van der Waals surface area contributed by atoms with E-state index in [1.807, 2.05) is 0 Å². The normalized spacial score (nSPS) is 11.9. The Bertz CT molecular complexity index is 1190. The highest BCUT2D eigenvalue weighted by Gasteiger charge is 2.14. The number of rotatable bonds is 26. The Morgan fingerprint density at radius 2 is 1.15 bits per heavy atom. The van der Waals surface area contributed by atoms with E-state index in [-0.39, 0.29) is 23.4 Å². The van der Waals surface area contributed by atoms with Crippen LogP contribution in [0.1, 0.15) is 159 Å². The zero-order chi connectivity index (χ0) is 34.1. The van der Waals surface area contributed by atoms with Crippen LogP contribution in [-0.2, 0) is 9.59 Å². The standard InChI is InChI=1S/C40H60O7/c1-4-6-8-10-12-14-16-18-20-22-39(43)46-34-26-24-32(25-29-36(41)35-28-27-33(45-3)30-37(35)42)38(31-34)47-40(44)23-21-19-17-15-13-11-9-7-5-2/h24-31,36,41-42H,4-23H2,1-3H3. The third-order valence-electron chi connectivity index (χ3n) is 8.42. The van der Waals surface area contributed by atoms with Gasteiger partial charge in [-0.05, 0) is 37.1 Å². The van der Waals surface area contributed by atoms with Gasteiger partial charge < -0.3 is 24.4 Å². The summed E-state index contributed by atoms with van der Waals surface area (Å²) in [4.78, 5) is 25.4. The SMILES string of the molecule is CCCCCCCCCCCC(=O)Oc1ccc(C=CC(O)c2ccc(OC)cc2O)c(OC(=O)CCCCCCCCCCC)c1. The molecule has 0 aliphatic rings. The number of phenols is 1. The molecule has 0 bridgehead atoms. The van der Waals surface area contributed by atoms with Crippen molar-refractivity contribution in [3.8, 4) is 23.0 Å². The van der Waals surface area contributed by atoms with Gasteiger partial charge in [-0.25, -0.2) is 0 Å². The Balaban J connectivity index is 1.97. The number of ether oxygens (including phenoxy) is 3. The summed E-state index contributed by atoms with van der Waals surface area (Å²) in [5, 5.41) is 21.1. The van der Waals surface area contributed by atoms with Crippen molar-refractivity contribution in [3.05, 3.63) is 53.6 Å². The summed E-state index contributed by atoms with van der Waals surface area (Å²) >= 11 is 0. The Morgan fingerprint density at radius 1 is 0.660 bits per heavy atom. The van der Waals surface area contributed by atoms with Gasteiger partial charge in [0, 0.05) is 36.1 Å². The van der Waals surface area contributed by atoms with Gasteiger partial charge in [0.2, 0.25) is 0 Å². The summed E-state index contributed by atoms with van der Waals surface area (Å²) in [7, 11) is 1.50. The smallest absolute Gasteiger partial charge is 0.311 e. The van der Waals surface area contributed by atoms with Crippen LogP contribution in [0.5, 0.6) is 23.0 Å². The minimum atomic E-state index is -1.11. The first-order valence-corrected chi connectivity index (χ1v) is 18.2. The van der Waals surface area contributed by atoms with E-state index in [1.54, 1.807) is 36.4 Å². The molecule has 0 saturated carbocycles. The fraction of sp³-hybridized carbons (Fsp3) is 0.600. The Hall–Kier alpha value is -3.32. The van der Waals surface area contributed by atoms with Gasteiger partial charge in [0.05, 0.1) is 7.11 Å². The first-order valence-electron chi connectivity index (χ1n) is 18.2. The molecular weight excluding hydrogens is 592 g/mol. The summed E-state index contributed by atoms with van der Waals surface area (Å²) in [6.45, 7) is 4.44. The molecule has 1 unspecified atom stereocenters. The average Bonchev–Trinajstić information content (AvgIpc) is 3.06. The predicted octanol–water partition coefficient (Wildman–Crippen LogP) is 10.8. The summed E-state index contributed by atoms with van der Waals surface area (Å²) in [5.74, 6) is 0.279. The van der Waals surface area contributed by atoms with Crippen molar-refractivity contribution in [1.29, 1.82) is 0 Å². The van der Waals surface area contributed by atoms with Crippen molar-refractivity contribution < 1.29 is 34.0 Å². The number of phenolic OH excluding ortho intramolecular Hbond substituents is 1. The highest BCUT2D eigenvalue weighted by Crippen LogP contribution is 2.32. The summed E-state index contributed by atoms with van der Waals surface area (Å²) in [5.41, 5.74) is 0.851. The Labute approximate surface area is 283 Å². The van der Waals surface area contributed by atoms with Crippen LogP contribution in [0.4, 0.5) is 0 Å². The third-order valence-corrected chi connectivity index (χ3v) is 8.42. The van der Waals surface area contributed by atoms with Crippen LogP contribution in [0.25, 0.3) is 6.08 Å². The fourth-order valence-electron chi connectivity index (χ4n) is 5.52. The van der Waals surface area contributed by atoms with Gasteiger partial charge >= 0.3 is 11.9 Å². The van der Waals surface area contributed by atoms with Crippen molar-refractivity contribution in [2.24, 2.45) is 0 Å². The minimum absolute atomic E-state index is 0.0941. The van der Waals surface area contributed by atoms with E-state index in [1.165, 1.54) is 96.3 Å². The fourth-order valence-corrected chi connectivity index (χ4v) is 5.52. The van der Waals surface area contributed by atoms with Crippen LogP contribution in [-0.4, -0.2) is 29.3 Å². The molecule has 2 aromatic rings. The summed E-state index contributed by atoms with van der Waals surface area (Å²) < 4.78 is 16.5. The molecule has 2 rings (SSSR count). The van der Waals surface area contributed by atoms with Gasteiger partial charge in [0.25, 0.3) is 0 Å². The number of carbonyl (C=O) groups is 2. The maximum absolute atomic E-state index is 12.8. The van der Waals surface area contributed by atoms with Crippen molar-refractivity contribution in [3.63, 3.8) is 0 Å². The molecule has 0 aromatic heterocycles. The van der Waals surface area contributed by atoms with Crippen molar-refractivity contribution in [1.82, 2.24) is 0 Å². The number of esters is 2. The maximum Gasteiger partial charge on any atom is 0.311 e. The van der Waals surface area contributed by atoms with E-state index in [4.69, 9.17) is 14.2 Å².